The lowest BCUT2D eigenvalue weighted by Crippen LogP contribution is -2.51. The van der Waals surface area contributed by atoms with Crippen LogP contribution in [0.1, 0.15) is 72.1 Å². The average Bonchev–Trinajstić information content (AvgIpc) is 3.73. The van der Waals surface area contributed by atoms with Gasteiger partial charge >= 0.3 is 39.2 Å². The third kappa shape index (κ3) is 5.08. The zero-order valence-corrected chi connectivity index (χ0v) is 24.3. The number of carbonyl (C=O) groups excluding carboxylic acids is 4. The maximum Gasteiger partial charge on any atom is 0.405 e. The van der Waals surface area contributed by atoms with Gasteiger partial charge in [-0.15, -0.1) is 0 Å². The molecule has 236 valence electrons. The Morgan fingerprint density at radius 2 is 1.71 bits per heavy atom. The van der Waals surface area contributed by atoms with E-state index in [9.17, 15) is 36.4 Å². The van der Waals surface area contributed by atoms with E-state index in [1.165, 1.54) is 6.42 Å². The monoisotopic (exact) mass is 622 g/mol. The zero-order chi connectivity index (χ0) is 30.8. The molecule has 0 aromatic carbocycles. The van der Waals surface area contributed by atoms with Crippen molar-refractivity contribution in [3.8, 4) is 0 Å². The summed E-state index contributed by atoms with van der Waals surface area (Å²) in [6, 6.07) is 0. The fourth-order valence-corrected chi connectivity index (χ4v) is 8.31. The van der Waals surface area contributed by atoms with E-state index in [2.05, 4.69) is 4.74 Å². The normalized spacial score (nSPS) is 35.7. The van der Waals surface area contributed by atoms with Crippen molar-refractivity contribution in [3.05, 3.63) is 0 Å². The minimum absolute atomic E-state index is 0.228. The van der Waals surface area contributed by atoms with Crippen LogP contribution in [0.15, 0.2) is 0 Å². The molecule has 0 amide bonds. The van der Waals surface area contributed by atoms with Gasteiger partial charge in [0.05, 0.1) is 12.8 Å². The maximum absolute atomic E-state index is 13.7. The Kier molecular flexibility index (Phi) is 8.10. The summed E-state index contributed by atoms with van der Waals surface area (Å²) in [7, 11) is -5.84. The molecule has 0 aromatic rings. The van der Waals surface area contributed by atoms with Crippen LogP contribution in [0.25, 0.3) is 0 Å². The second kappa shape index (κ2) is 11.0. The van der Waals surface area contributed by atoms with Crippen molar-refractivity contribution in [1.29, 1.82) is 0 Å². The number of alkyl halides is 2. The van der Waals surface area contributed by atoms with Crippen LogP contribution in [0.2, 0.25) is 0 Å². The Bertz CT molecular complexity index is 1230. The molecule has 5 aliphatic rings. The van der Waals surface area contributed by atoms with E-state index in [-0.39, 0.29) is 5.92 Å². The van der Waals surface area contributed by atoms with Crippen LogP contribution >= 0.6 is 0 Å². The van der Waals surface area contributed by atoms with Gasteiger partial charge in [0.1, 0.15) is 29.6 Å². The lowest BCUT2D eigenvalue weighted by atomic mass is 9.72. The molecule has 2 saturated carbocycles. The predicted octanol–water partition coefficient (Wildman–Crippen LogP) is 2.57. The lowest BCUT2D eigenvalue weighted by molar-refractivity contribution is -0.182. The second-order valence-electron chi connectivity index (χ2n) is 12.1. The van der Waals surface area contributed by atoms with Crippen molar-refractivity contribution < 1.29 is 64.6 Å². The van der Waals surface area contributed by atoms with Gasteiger partial charge < -0.3 is 23.7 Å². The number of carbonyl (C=O) groups is 4. The second-order valence-corrected chi connectivity index (χ2v) is 13.6. The van der Waals surface area contributed by atoms with Crippen molar-refractivity contribution in [2.24, 2.45) is 29.6 Å². The third-order valence-corrected chi connectivity index (χ3v) is 11.0. The summed E-state index contributed by atoms with van der Waals surface area (Å²) in [5, 5.41) is -4.75. The van der Waals surface area contributed by atoms with Crippen LogP contribution in [0.3, 0.4) is 0 Å². The summed E-state index contributed by atoms with van der Waals surface area (Å²) < 4.78 is 85.0. The topological polar surface area (TPSA) is 169 Å². The van der Waals surface area contributed by atoms with Crippen molar-refractivity contribution in [3.63, 3.8) is 0 Å². The molecular weight excluding hydrogens is 586 g/mol. The summed E-state index contributed by atoms with van der Waals surface area (Å²) in [6.07, 6.45) is -2.18. The predicted molar refractivity (Wildman–Crippen MR) is 135 cm³/mol. The minimum Gasteiger partial charge on any atom is -0.458 e. The van der Waals surface area contributed by atoms with Crippen molar-refractivity contribution in [2.45, 2.75) is 114 Å². The summed E-state index contributed by atoms with van der Waals surface area (Å²) in [5.74, 6) is -4.16. The SMILES string of the molecule is CCC(CC)(OC(=O)C1C2OC3C(OC(=O)C31)C2OC(=O)CCC(=O)OC(C)C(F)(F)S(=O)(=O)O)C1CC2CCC1C2. The van der Waals surface area contributed by atoms with Gasteiger partial charge in [0.2, 0.25) is 0 Å². The van der Waals surface area contributed by atoms with Crippen molar-refractivity contribution in [1.82, 2.24) is 0 Å². The molecule has 0 aromatic heterocycles. The summed E-state index contributed by atoms with van der Waals surface area (Å²) in [5.41, 5.74) is -0.684. The molecule has 1 N–H and O–H groups in total. The van der Waals surface area contributed by atoms with Crippen molar-refractivity contribution in [2.75, 3.05) is 0 Å². The van der Waals surface area contributed by atoms with Gasteiger partial charge in [0.15, 0.2) is 18.3 Å². The number of esters is 4. The van der Waals surface area contributed by atoms with Gasteiger partial charge in [-0.3, -0.25) is 23.7 Å². The van der Waals surface area contributed by atoms with Gasteiger partial charge in [-0.25, -0.2) is 0 Å². The van der Waals surface area contributed by atoms with E-state index in [4.69, 9.17) is 23.5 Å². The van der Waals surface area contributed by atoms with Gasteiger partial charge in [-0.05, 0) is 50.9 Å². The highest BCUT2D eigenvalue weighted by atomic mass is 32.2. The van der Waals surface area contributed by atoms with E-state index in [0.717, 1.165) is 19.3 Å². The van der Waals surface area contributed by atoms with Crippen LogP contribution in [-0.4, -0.2) is 78.2 Å². The minimum atomic E-state index is -5.84. The van der Waals surface area contributed by atoms with Gasteiger partial charge in [0, 0.05) is 5.92 Å². The molecule has 42 heavy (non-hydrogen) atoms. The quantitative estimate of drug-likeness (QED) is 0.192. The number of fused-ring (bicyclic) bond motifs is 3. The maximum atomic E-state index is 13.7. The molecule has 5 fully saturated rings. The van der Waals surface area contributed by atoms with Crippen molar-refractivity contribution >= 4 is 34.0 Å². The average molecular weight is 623 g/mol. The number of rotatable bonds is 12. The van der Waals surface area contributed by atoms with Gasteiger partial charge in [0.25, 0.3) is 0 Å². The molecule has 10 atom stereocenters. The largest absolute Gasteiger partial charge is 0.458 e. The van der Waals surface area contributed by atoms with E-state index in [1.807, 2.05) is 13.8 Å². The van der Waals surface area contributed by atoms with E-state index < -0.39 is 100 Å². The van der Waals surface area contributed by atoms with E-state index in [1.54, 1.807) is 0 Å². The Morgan fingerprint density at radius 3 is 2.29 bits per heavy atom. The molecule has 10 unspecified atom stereocenters. The first-order valence-electron chi connectivity index (χ1n) is 14.5. The van der Waals surface area contributed by atoms with Crippen LogP contribution in [0, 0.1) is 29.6 Å². The number of ether oxygens (including phenoxy) is 5. The van der Waals surface area contributed by atoms with Crippen LogP contribution < -0.4 is 0 Å². The Morgan fingerprint density at radius 1 is 1.05 bits per heavy atom. The molecule has 5 rings (SSSR count). The first kappa shape index (κ1) is 31.0. The molecule has 0 spiro atoms. The molecule has 2 aliphatic carbocycles. The third-order valence-electron chi connectivity index (χ3n) is 10.0. The smallest absolute Gasteiger partial charge is 0.405 e. The van der Waals surface area contributed by atoms with Crippen LogP contribution in [0.4, 0.5) is 8.78 Å². The first-order valence-corrected chi connectivity index (χ1v) is 15.9. The molecule has 15 heteroatoms. The lowest BCUT2D eigenvalue weighted by Gasteiger charge is -2.42. The highest BCUT2D eigenvalue weighted by Crippen LogP contribution is 2.56. The molecule has 4 bridgehead atoms. The standard InChI is InChI=1S/C27H36F2O12S/c1-4-26(5-2,15-11-13-6-7-14(15)10-13)41-25(33)19-18-20-23(40-24(18)32)22(21(19)39-20)38-17(31)9-8-16(30)37-12(3)27(28,29)42(34,35)36/h12-15,18-23H,4-11H2,1-3H3,(H,34,35,36). The molecule has 3 aliphatic heterocycles. The zero-order valence-electron chi connectivity index (χ0n) is 23.5. The van der Waals surface area contributed by atoms with Gasteiger partial charge in [-0.2, -0.15) is 17.2 Å². The molecular formula is C27H36F2O12S. The molecule has 3 saturated heterocycles. The highest BCUT2D eigenvalue weighted by Gasteiger charge is 2.72. The Balaban J connectivity index is 1.22. The Hall–Kier alpha value is -2.39. The van der Waals surface area contributed by atoms with Gasteiger partial charge in [-0.1, -0.05) is 20.3 Å². The molecule has 0 radical (unpaired) electrons. The summed E-state index contributed by atoms with van der Waals surface area (Å²) in [6.45, 7) is 4.55. The summed E-state index contributed by atoms with van der Waals surface area (Å²) >= 11 is 0. The Labute approximate surface area is 241 Å². The number of hydrogen-bond acceptors (Lipinski definition) is 11. The number of hydrogen-bond donors (Lipinski definition) is 1. The van der Waals surface area contributed by atoms with Crippen LogP contribution in [-0.2, 0) is 53.0 Å². The molecule has 3 heterocycles. The number of halogens is 2. The molecule has 12 nitrogen and oxygen atoms in total. The van der Waals surface area contributed by atoms with E-state index >= 15 is 0 Å². The van der Waals surface area contributed by atoms with E-state index in [0.29, 0.717) is 31.6 Å². The first-order chi connectivity index (χ1) is 19.6. The fraction of sp³-hybridized carbons (Fsp3) is 0.852. The highest BCUT2D eigenvalue weighted by molar-refractivity contribution is 7.86. The van der Waals surface area contributed by atoms with Crippen LogP contribution in [0.5, 0.6) is 0 Å². The fourth-order valence-electron chi connectivity index (χ4n) is 7.84. The summed E-state index contributed by atoms with van der Waals surface area (Å²) in [4.78, 5) is 51.0.